The number of hydrogen-bond acceptors (Lipinski definition) is 4. The Balaban J connectivity index is 2.45. The van der Waals surface area contributed by atoms with Gasteiger partial charge in [-0.1, -0.05) is 30.7 Å². The van der Waals surface area contributed by atoms with Gasteiger partial charge in [0, 0.05) is 18.1 Å². The predicted octanol–water partition coefficient (Wildman–Crippen LogP) is 3.50. The fourth-order valence-corrected chi connectivity index (χ4v) is 4.63. The van der Waals surface area contributed by atoms with Crippen molar-refractivity contribution in [3.8, 4) is 0 Å². The maximum absolute atomic E-state index is 13.5. The van der Waals surface area contributed by atoms with E-state index >= 15 is 0 Å². The van der Waals surface area contributed by atoms with Crippen molar-refractivity contribution in [3.05, 3.63) is 64.4 Å². The van der Waals surface area contributed by atoms with Crippen LogP contribution in [0.4, 0.5) is 10.1 Å². The summed E-state index contributed by atoms with van der Waals surface area (Å²) in [5, 5.41) is 3.16. The highest BCUT2D eigenvalue weighted by molar-refractivity contribution is 7.92. The number of sulfonamides is 1. The molecule has 0 aromatic heterocycles. The van der Waals surface area contributed by atoms with Crippen molar-refractivity contribution in [2.75, 3.05) is 23.7 Å². The van der Waals surface area contributed by atoms with Crippen molar-refractivity contribution in [1.29, 1.82) is 0 Å². The van der Waals surface area contributed by atoms with E-state index < -0.39 is 34.3 Å². The van der Waals surface area contributed by atoms with Crippen LogP contribution in [0.2, 0.25) is 5.02 Å². The normalized spacial score (nSPS) is 12.2. The molecule has 0 bridgehead atoms. The molecule has 0 saturated carbocycles. The zero-order chi connectivity index (χ0) is 24.8. The quantitative estimate of drug-likeness (QED) is 0.544. The Labute approximate surface area is 199 Å². The molecule has 33 heavy (non-hydrogen) atoms. The Morgan fingerprint density at radius 2 is 1.76 bits per heavy atom. The first-order valence-electron chi connectivity index (χ1n) is 10.5. The number of anilines is 1. The topological polar surface area (TPSA) is 86.8 Å². The summed E-state index contributed by atoms with van der Waals surface area (Å²) in [6.07, 6.45) is 1.33. The third-order valence-corrected chi connectivity index (χ3v) is 6.47. The molecule has 0 aliphatic carbocycles. The number of carbonyl (C=O) groups excluding carboxylic acids is 2. The molecule has 10 heteroatoms. The molecule has 180 valence electrons. The summed E-state index contributed by atoms with van der Waals surface area (Å²) in [6, 6.07) is 9.46. The fourth-order valence-electron chi connectivity index (χ4n) is 3.49. The smallest absolute Gasteiger partial charge is 0.244 e. The minimum atomic E-state index is -3.83. The predicted molar refractivity (Wildman–Crippen MR) is 128 cm³/mol. The average molecular weight is 498 g/mol. The van der Waals surface area contributed by atoms with E-state index in [4.69, 9.17) is 11.6 Å². The van der Waals surface area contributed by atoms with Gasteiger partial charge in [-0.25, -0.2) is 12.8 Å². The van der Waals surface area contributed by atoms with E-state index in [2.05, 4.69) is 5.32 Å². The molecule has 0 aliphatic rings. The van der Waals surface area contributed by atoms with E-state index in [0.29, 0.717) is 34.8 Å². The van der Waals surface area contributed by atoms with E-state index in [-0.39, 0.29) is 12.5 Å². The molecular formula is C23H29ClFN3O4S. The number of nitrogens with zero attached hydrogens (tertiary/aromatic N) is 2. The van der Waals surface area contributed by atoms with Crippen LogP contribution in [0.5, 0.6) is 0 Å². The maximum Gasteiger partial charge on any atom is 0.244 e. The van der Waals surface area contributed by atoms with Gasteiger partial charge in [0.15, 0.2) is 0 Å². The van der Waals surface area contributed by atoms with E-state index in [9.17, 15) is 22.4 Å². The molecular weight excluding hydrogens is 469 g/mol. The molecule has 1 N–H and O–H groups in total. The van der Waals surface area contributed by atoms with Crippen molar-refractivity contribution in [3.63, 3.8) is 0 Å². The van der Waals surface area contributed by atoms with Gasteiger partial charge >= 0.3 is 0 Å². The molecule has 2 aromatic rings. The van der Waals surface area contributed by atoms with Crippen LogP contribution in [0, 0.1) is 12.7 Å². The number of rotatable bonds is 10. The molecule has 1 unspecified atom stereocenters. The highest BCUT2D eigenvalue weighted by atomic mass is 35.5. The van der Waals surface area contributed by atoms with Gasteiger partial charge in [0.05, 0.1) is 11.9 Å². The monoisotopic (exact) mass is 497 g/mol. The van der Waals surface area contributed by atoms with Gasteiger partial charge in [-0.05, 0) is 61.7 Å². The van der Waals surface area contributed by atoms with Crippen LogP contribution in [0.25, 0.3) is 0 Å². The number of nitrogens with one attached hydrogen (secondary N) is 1. The summed E-state index contributed by atoms with van der Waals surface area (Å²) in [7, 11) is -3.83. The third kappa shape index (κ3) is 7.17. The van der Waals surface area contributed by atoms with Crippen molar-refractivity contribution in [1.82, 2.24) is 10.2 Å². The van der Waals surface area contributed by atoms with Crippen LogP contribution in [-0.2, 0) is 26.2 Å². The molecule has 0 saturated heterocycles. The van der Waals surface area contributed by atoms with Crippen LogP contribution in [0.1, 0.15) is 31.4 Å². The largest absolute Gasteiger partial charge is 0.355 e. The van der Waals surface area contributed by atoms with Gasteiger partial charge in [-0.2, -0.15) is 0 Å². The lowest BCUT2D eigenvalue weighted by Gasteiger charge is -2.33. The van der Waals surface area contributed by atoms with E-state index in [1.807, 2.05) is 0 Å². The Kier molecular flexibility index (Phi) is 9.25. The number of likely N-dealkylation sites (N-methyl/N-ethyl adjacent to an activating group) is 1. The molecule has 0 fully saturated rings. The van der Waals surface area contributed by atoms with Gasteiger partial charge in [0.1, 0.15) is 18.4 Å². The molecule has 1 atom stereocenters. The number of benzene rings is 2. The summed E-state index contributed by atoms with van der Waals surface area (Å²) in [4.78, 5) is 27.5. The van der Waals surface area contributed by atoms with Gasteiger partial charge in [-0.15, -0.1) is 0 Å². The van der Waals surface area contributed by atoms with Gasteiger partial charge in [0.2, 0.25) is 21.8 Å². The van der Waals surface area contributed by atoms with Crippen molar-refractivity contribution in [2.45, 2.75) is 39.8 Å². The number of amides is 2. The van der Waals surface area contributed by atoms with Crippen molar-refractivity contribution in [2.24, 2.45) is 0 Å². The molecule has 0 heterocycles. The number of carbonyl (C=O) groups is 2. The second kappa shape index (κ2) is 11.5. The molecule has 0 spiro atoms. The van der Waals surface area contributed by atoms with Crippen LogP contribution < -0.4 is 9.62 Å². The average Bonchev–Trinajstić information content (AvgIpc) is 2.73. The second-order valence-electron chi connectivity index (χ2n) is 7.67. The van der Waals surface area contributed by atoms with Gasteiger partial charge in [0.25, 0.3) is 0 Å². The van der Waals surface area contributed by atoms with Crippen LogP contribution in [-0.4, -0.2) is 50.5 Å². The lowest BCUT2D eigenvalue weighted by molar-refractivity contribution is -0.140. The highest BCUT2D eigenvalue weighted by Gasteiger charge is 2.31. The van der Waals surface area contributed by atoms with Gasteiger partial charge < -0.3 is 10.2 Å². The minimum absolute atomic E-state index is 0.0198. The zero-order valence-corrected chi connectivity index (χ0v) is 20.7. The first-order valence-corrected chi connectivity index (χ1v) is 12.8. The lowest BCUT2D eigenvalue weighted by Crippen LogP contribution is -2.52. The van der Waals surface area contributed by atoms with Crippen LogP contribution in [0.3, 0.4) is 0 Å². The van der Waals surface area contributed by atoms with Crippen LogP contribution >= 0.6 is 11.6 Å². The van der Waals surface area contributed by atoms with E-state index in [0.717, 1.165) is 10.6 Å². The van der Waals surface area contributed by atoms with Crippen molar-refractivity contribution < 1.29 is 22.4 Å². The summed E-state index contributed by atoms with van der Waals surface area (Å²) < 4.78 is 39.6. The zero-order valence-electron chi connectivity index (χ0n) is 19.1. The maximum atomic E-state index is 13.5. The second-order valence-corrected chi connectivity index (χ2v) is 10.0. The molecule has 2 aromatic carbocycles. The first kappa shape index (κ1) is 26.6. The standard InChI is InChI=1S/C23H29ClFN3O4S/c1-5-20(23(30)26-6-2)27(14-17-7-10-19(25)11-8-17)22(29)15-28(33(4,31)32)21-12-9-18(24)13-16(21)3/h7-13,20H,5-6,14-15H2,1-4H3,(H,26,30). The molecule has 7 nitrogen and oxygen atoms in total. The minimum Gasteiger partial charge on any atom is -0.355 e. The van der Waals surface area contributed by atoms with E-state index in [1.54, 1.807) is 32.9 Å². The lowest BCUT2D eigenvalue weighted by atomic mass is 10.1. The molecule has 0 aliphatic heterocycles. The molecule has 2 rings (SSSR count). The highest BCUT2D eigenvalue weighted by Crippen LogP contribution is 2.26. The molecule has 0 radical (unpaired) electrons. The van der Waals surface area contributed by atoms with Crippen LogP contribution in [0.15, 0.2) is 42.5 Å². The molecule has 2 amide bonds. The Morgan fingerprint density at radius 1 is 1.12 bits per heavy atom. The summed E-state index contributed by atoms with van der Waals surface area (Å²) >= 11 is 6.00. The van der Waals surface area contributed by atoms with Gasteiger partial charge in [-0.3, -0.25) is 13.9 Å². The summed E-state index contributed by atoms with van der Waals surface area (Å²) in [5.41, 5.74) is 1.52. The van der Waals surface area contributed by atoms with Crippen molar-refractivity contribution >= 4 is 39.1 Å². The first-order chi connectivity index (χ1) is 15.5. The number of aryl methyl sites for hydroxylation is 1. The van der Waals surface area contributed by atoms with E-state index in [1.165, 1.54) is 35.2 Å². The Bertz CT molecular complexity index is 1090. The fraction of sp³-hybridized carbons (Fsp3) is 0.391. The summed E-state index contributed by atoms with van der Waals surface area (Å²) in [6.45, 7) is 5.13. The SMILES string of the molecule is CCNC(=O)C(CC)N(Cc1ccc(F)cc1)C(=O)CN(c1ccc(Cl)cc1C)S(C)(=O)=O. The number of hydrogen-bond donors (Lipinski definition) is 1. The Morgan fingerprint density at radius 3 is 2.27 bits per heavy atom. The Hall–Kier alpha value is -2.65. The number of halogens is 2. The summed E-state index contributed by atoms with van der Waals surface area (Å²) in [5.74, 6) is -1.32. The third-order valence-electron chi connectivity index (χ3n) is 5.11.